The van der Waals surface area contributed by atoms with Crippen LogP contribution in [0, 0.1) is 0 Å². The lowest BCUT2D eigenvalue weighted by Gasteiger charge is -2.09. The minimum Gasteiger partial charge on any atom is -0.490 e. The second kappa shape index (κ2) is 7.21. The summed E-state index contributed by atoms with van der Waals surface area (Å²) in [6.07, 6.45) is 2.24. The summed E-state index contributed by atoms with van der Waals surface area (Å²) in [5, 5.41) is 12.8. The third kappa shape index (κ3) is 3.68. The fourth-order valence-corrected chi connectivity index (χ4v) is 2.15. The second-order valence-corrected chi connectivity index (χ2v) is 4.95. The maximum absolute atomic E-state index is 11.9. The van der Waals surface area contributed by atoms with Gasteiger partial charge >= 0.3 is 0 Å². The van der Waals surface area contributed by atoms with Crippen LogP contribution >= 0.6 is 15.9 Å². The molecule has 0 fully saturated rings. The molecule has 1 aromatic carbocycles. The number of aromatic nitrogens is 2. The number of hydrogen-bond acceptors (Lipinski definition) is 4. The number of hydrogen-bond donors (Lipinski definition) is 1. The Morgan fingerprint density at radius 1 is 1.30 bits per heavy atom. The van der Waals surface area contributed by atoms with Crippen LogP contribution in [-0.4, -0.2) is 28.1 Å². The van der Waals surface area contributed by atoms with Crippen molar-refractivity contribution >= 4 is 15.9 Å². The summed E-state index contributed by atoms with van der Waals surface area (Å²) in [6.45, 7) is 0.503. The first-order valence-corrected chi connectivity index (χ1v) is 7.05. The lowest BCUT2D eigenvalue weighted by atomic mass is 10.2. The van der Waals surface area contributed by atoms with Gasteiger partial charge in [0.05, 0.1) is 26.0 Å². The highest BCUT2D eigenvalue weighted by molar-refractivity contribution is 9.10. The summed E-state index contributed by atoms with van der Waals surface area (Å²) in [7, 11) is 0. The van der Waals surface area contributed by atoms with Crippen LogP contribution in [0.15, 0.2) is 45.8 Å². The van der Waals surface area contributed by atoms with Crippen molar-refractivity contribution in [3.05, 3.63) is 56.9 Å². The van der Waals surface area contributed by atoms with Gasteiger partial charge in [0.25, 0.3) is 5.56 Å². The van der Waals surface area contributed by atoms with E-state index in [4.69, 9.17) is 9.84 Å². The fourth-order valence-electron chi connectivity index (χ4n) is 1.73. The summed E-state index contributed by atoms with van der Waals surface area (Å²) in [5.41, 5.74) is 0.862. The van der Waals surface area contributed by atoms with E-state index in [9.17, 15) is 4.79 Å². The van der Waals surface area contributed by atoms with Crippen molar-refractivity contribution in [3.8, 4) is 5.75 Å². The zero-order valence-electron chi connectivity index (χ0n) is 10.8. The molecule has 1 aromatic heterocycles. The van der Waals surface area contributed by atoms with Gasteiger partial charge in [-0.15, -0.1) is 0 Å². The van der Waals surface area contributed by atoms with Gasteiger partial charge in [0, 0.05) is 6.42 Å². The van der Waals surface area contributed by atoms with Gasteiger partial charge in [-0.25, -0.2) is 4.68 Å². The molecule has 0 atom stereocenters. The van der Waals surface area contributed by atoms with Crippen LogP contribution in [0.2, 0.25) is 0 Å². The van der Waals surface area contributed by atoms with Crippen molar-refractivity contribution in [2.45, 2.75) is 13.0 Å². The maximum Gasteiger partial charge on any atom is 0.284 e. The van der Waals surface area contributed by atoms with E-state index < -0.39 is 0 Å². The number of aliphatic hydroxyl groups is 1. The Morgan fingerprint density at radius 2 is 2.05 bits per heavy atom. The topological polar surface area (TPSA) is 64.3 Å². The van der Waals surface area contributed by atoms with Crippen molar-refractivity contribution in [2.24, 2.45) is 0 Å². The molecule has 1 N–H and O–H groups in total. The highest BCUT2D eigenvalue weighted by atomic mass is 79.9. The Balaban J connectivity index is 2.00. The normalized spacial score (nSPS) is 10.5. The first-order valence-electron chi connectivity index (χ1n) is 6.25. The number of aliphatic hydroxyl groups excluding tert-OH is 1. The van der Waals surface area contributed by atoms with Crippen LogP contribution in [0.1, 0.15) is 5.56 Å². The summed E-state index contributed by atoms with van der Waals surface area (Å²) >= 11 is 3.21. The summed E-state index contributed by atoms with van der Waals surface area (Å²) in [5.74, 6) is 0.417. The zero-order chi connectivity index (χ0) is 14.4. The van der Waals surface area contributed by atoms with Gasteiger partial charge in [-0.3, -0.25) is 4.79 Å². The van der Waals surface area contributed by atoms with Gasteiger partial charge in [-0.05, 0) is 21.5 Å². The number of benzene rings is 1. The molecule has 0 aliphatic heterocycles. The summed E-state index contributed by atoms with van der Waals surface area (Å²) in [4.78, 5) is 11.9. The van der Waals surface area contributed by atoms with Gasteiger partial charge in [0.15, 0.2) is 5.75 Å². The average Bonchev–Trinajstić information content (AvgIpc) is 2.48. The lowest BCUT2D eigenvalue weighted by Crippen LogP contribution is -2.25. The molecule has 6 heteroatoms. The van der Waals surface area contributed by atoms with Crippen LogP contribution < -0.4 is 10.3 Å². The van der Waals surface area contributed by atoms with E-state index in [1.807, 2.05) is 30.3 Å². The largest absolute Gasteiger partial charge is 0.490 e. The number of halogens is 1. The van der Waals surface area contributed by atoms with E-state index in [1.165, 1.54) is 16.4 Å². The molecule has 0 saturated carbocycles. The minimum atomic E-state index is -0.309. The van der Waals surface area contributed by atoms with Crippen LogP contribution in [-0.2, 0) is 13.0 Å². The Labute approximate surface area is 125 Å². The van der Waals surface area contributed by atoms with E-state index in [1.54, 1.807) is 0 Å². The number of rotatable bonds is 6. The molecule has 106 valence electrons. The third-order valence-electron chi connectivity index (χ3n) is 2.76. The molecule has 0 aliphatic rings. The highest BCUT2D eigenvalue weighted by Gasteiger charge is 2.09. The SMILES string of the molecule is O=c1c(Br)c(OCCc2ccccc2)cnn1CCO. The molecule has 0 saturated heterocycles. The Kier molecular flexibility index (Phi) is 5.31. The van der Waals surface area contributed by atoms with Gasteiger partial charge in [-0.1, -0.05) is 30.3 Å². The van der Waals surface area contributed by atoms with Crippen LogP contribution in [0.25, 0.3) is 0 Å². The van der Waals surface area contributed by atoms with Crippen LogP contribution in [0.5, 0.6) is 5.75 Å². The van der Waals surface area contributed by atoms with Gasteiger partial charge in [0.2, 0.25) is 0 Å². The number of nitrogens with zero attached hydrogens (tertiary/aromatic N) is 2. The zero-order valence-corrected chi connectivity index (χ0v) is 12.4. The van der Waals surface area contributed by atoms with Crippen molar-refractivity contribution in [3.63, 3.8) is 0 Å². The molecule has 0 amide bonds. The summed E-state index contributed by atoms with van der Waals surface area (Å²) < 4.78 is 7.09. The van der Waals surface area contributed by atoms with E-state index in [-0.39, 0.29) is 18.7 Å². The maximum atomic E-state index is 11.9. The smallest absolute Gasteiger partial charge is 0.284 e. The Morgan fingerprint density at radius 3 is 2.75 bits per heavy atom. The Hall–Kier alpha value is -1.66. The van der Waals surface area contributed by atoms with Crippen LogP contribution in [0.4, 0.5) is 0 Å². The second-order valence-electron chi connectivity index (χ2n) is 4.16. The molecule has 0 radical (unpaired) electrons. The minimum absolute atomic E-state index is 0.131. The predicted molar refractivity (Wildman–Crippen MR) is 78.9 cm³/mol. The fraction of sp³-hybridized carbons (Fsp3) is 0.286. The Bertz CT molecular complexity index is 614. The molecular formula is C14H15BrN2O3. The molecule has 0 spiro atoms. The predicted octanol–water partition coefficient (Wildman–Crippen LogP) is 1.62. The molecule has 2 aromatic rings. The van der Waals surface area contributed by atoms with Crippen molar-refractivity contribution in [1.29, 1.82) is 0 Å². The van der Waals surface area contributed by atoms with E-state index in [2.05, 4.69) is 21.0 Å². The number of ether oxygens (including phenoxy) is 1. The highest BCUT2D eigenvalue weighted by Crippen LogP contribution is 2.19. The first-order chi connectivity index (χ1) is 9.72. The van der Waals surface area contributed by atoms with E-state index in [0.717, 1.165) is 6.42 Å². The molecule has 2 rings (SSSR count). The van der Waals surface area contributed by atoms with Crippen molar-refractivity contribution in [1.82, 2.24) is 9.78 Å². The third-order valence-corrected chi connectivity index (χ3v) is 3.49. The van der Waals surface area contributed by atoms with Crippen molar-refractivity contribution in [2.75, 3.05) is 13.2 Å². The quantitative estimate of drug-likeness (QED) is 0.869. The molecule has 0 unspecified atom stereocenters. The molecule has 5 nitrogen and oxygen atoms in total. The first kappa shape index (κ1) is 14.7. The summed E-state index contributed by atoms with van der Waals surface area (Å²) in [6, 6.07) is 9.96. The van der Waals surface area contributed by atoms with Crippen molar-refractivity contribution < 1.29 is 9.84 Å². The monoisotopic (exact) mass is 338 g/mol. The van der Waals surface area contributed by atoms with E-state index >= 15 is 0 Å². The van der Waals surface area contributed by atoms with Gasteiger partial charge < -0.3 is 9.84 Å². The molecule has 0 bridgehead atoms. The molecule has 0 aliphatic carbocycles. The van der Waals surface area contributed by atoms with Crippen LogP contribution in [0.3, 0.4) is 0 Å². The molecule has 20 heavy (non-hydrogen) atoms. The average molecular weight is 339 g/mol. The van der Waals surface area contributed by atoms with Gasteiger partial charge in [-0.2, -0.15) is 5.10 Å². The molecular weight excluding hydrogens is 324 g/mol. The molecule has 1 heterocycles. The van der Waals surface area contributed by atoms with Gasteiger partial charge in [0.1, 0.15) is 4.47 Å². The lowest BCUT2D eigenvalue weighted by molar-refractivity contribution is 0.263. The van der Waals surface area contributed by atoms with E-state index in [0.29, 0.717) is 16.8 Å². The standard InChI is InChI=1S/C14H15BrN2O3/c15-13-12(10-16-17(7-8-18)14(13)19)20-9-6-11-4-2-1-3-5-11/h1-5,10,18H,6-9H2.